The van der Waals surface area contributed by atoms with E-state index in [2.05, 4.69) is 10.2 Å². The van der Waals surface area contributed by atoms with Crippen LogP contribution >= 0.6 is 0 Å². The molecule has 1 aromatic carbocycles. The summed E-state index contributed by atoms with van der Waals surface area (Å²) in [5, 5.41) is 14.4. The van der Waals surface area contributed by atoms with Gasteiger partial charge >= 0.3 is 5.97 Å². The molecule has 5 nitrogen and oxygen atoms in total. The van der Waals surface area contributed by atoms with E-state index >= 15 is 0 Å². The summed E-state index contributed by atoms with van der Waals surface area (Å²) in [7, 11) is 0. The van der Waals surface area contributed by atoms with Gasteiger partial charge in [0.15, 0.2) is 0 Å². The molecule has 1 aromatic heterocycles. The molecular formula is C17H23N2O3+. The van der Waals surface area contributed by atoms with Crippen molar-refractivity contribution in [2.24, 2.45) is 0 Å². The van der Waals surface area contributed by atoms with Gasteiger partial charge in [0, 0.05) is 10.5 Å². The lowest BCUT2D eigenvalue weighted by Crippen LogP contribution is -2.05. The van der Waals surface area contributed by atoms with E-state index in [4.69, 9.17) is 9.84 Å². The molecule has 0 saturated carbocycles. The molecule has 0 fully saturated rings. The number of nitrogens with one attached hydrogen (secondary N) is 1. The van der Waals surface area contributed by atoms with Gasteiger partial charge in [-0.05, 0) is 69.4 Å². The normalized spacial score (nSPS) is 10.7. The van der Waals surface area contributed by atoms with Crippen molar-refractivity contribution >= 4 is 5.97 Å². The Morgan fingerprint density at radius 3 is 2.36 bits per heavy atom. The monoisotopic (exact) mass is 303 g/mol. The fourth-order valence-electron chi connectivity index (χ4n) is 2.67. The van der Waals surface area contributed by atoms with Crippen molar-refractivity contribution in [3.8, 4) is 5.75 Å². The van der Waals surface area contributed by atoms with Crippen LogP contribution in [0, 0.1) is 27.7 Å². The van der Waals surface area contributed by atoms with E-state index in [1.54, 1.807) is 12.1 Å². The van der Waals surface area contributed by atoms with Crippen LogP contribution in [0.25, 0.3) is 0 Å². The molecule has 2 aromatic rings. The first-order chi connectivity index (χ1) is 10.4. The zero-order valence-electron chi connectivity index (χ0n) is 13.5. The summed E-state index contributed by atoms with van der Waals surface area (Å²) >= 11 is 0. The lowest BCUT2D eigenvalue weighted by atomic mass is 10.1. The predicted molar refractivity (Wildman–Crippen MR) is 85.7 cm³/mol. The Bertz CT molecular complexity index is 647. The standard InChI is InChI=1S/C17H22N2O3/c1-10-8-14(17(20)21)9-11(2)16(10)22-7-5-6-15-12(3)18-19-13(15)4/h8-9H,5-7H2,1-4H3,(H,18,19)(H,20,21)/p+1. The Morgan fingerprint density at radius 1 is 1.23 bits per heavy atom. The van der Waals surface area contributed by atoms with Crippen molar-refractivity contribution in [1.82, 2.24) is 10.2 Å². The molecular weight excluding hydrogens is 280 g/mol. The fraction of sp³-hybridized carbons (Fsp3) is 0.412. The number of aromatic amines is 1. The van der Waals surface area contributed by atoms with Gasteiger partial charge in [-0.1, -0.05) is 0 Å². The largest absolute Gasteiger partial charge is 0.561 e. The summed E-state index contributed by atoms with van der Waals surface area (Å²) in [5.74, 6) is 0.147. The quantitative estimate of drug-likeness (QED) is 0.658. The molecule has 0 unspecified atom stereocenters. The van der Waals surface area contributed by atoms with Crippen molar-refractivity contribution in [3.05, 3.63) is 45.8 Å². The van der Waals surface area contributed by atoms with E-state index in [1.807, 2.05) is 27.7 Å². The van der Waals surface area contributed by atoms with Gasteiger partial charge in [0.2, 0.25) is 0 Å². The van der Waals surface area contributed by atoms with Crippen LogP contribution in [0.3, 0.4) is 0 Å². The number of benzene rings is 1. The second-order valence-corrected chi connectivity index (χ2v) is 5.63. The number of carbonyl (C=O) groups is 1. The van der Waals surface area contributed by atoms with E-state index in [1.165, 1.54) is 5.56 Å². The fourth-order valence-corrected chi connectivity index (χ4v) is 2.67. The molecule has 0 spiro atoms. The van der Waals surface area contributed by atoms with Crippen LogP contribution in [0.2, 0.25) is 0 Å². The minimum Gasteiger partial charge on any atom is -0.561 e. The van der Waals surface area contributed by atoms with Gasteiger partial charge in [-0.25, -0.2) is 0 Å². The molecule has 0 atom stereocenters. The van der Waals surface area contributed by atoms with Gasteiger partial charge in [0.05, 0.1) is 12.3 Å². The third-order valence-corrected chi connectivity index (χ3v) is 3.82. The Hall–Kier alpha value is -2.30. The second kappa shape index (κ2) is 6.64. The highest BCUT2D eigenvalue weighted by molar-refractivity contribution is 5.88. The van der Waals surface area contributed by atoms with Crippen LogP contribution in [0.1, 0.15) is 44.9 Å². The van der Waals surface area contributed by atoms with Crippen molar-refractivity contribution in [3.63, 3.8) is 0 Å². The maximum absolute atomic E-state index is 11.1. The van der Waals surface area contributed by atoms with E-state index in [9.17, 15) is 4.79 Å². The zero-order valence-corrected chi connectivity index (χ0v) is 13.5. The number of aryl methyl sites for hydroxylation is 4. The zero-order chi connectivity index (χ0) is 16.3. The van der Waals surface area contributed by atoms with Crippen molar-refractivity contribution in [1.29, 1.82) is 0 Å². The smallest absolute Gasteiger partial charge is 0.549 e. The first kappa shape index (κ1) is 16.1. The summed E-state index contributed by atoms with van der Waals surface area (Å²) < 4.78 is 5.88. The lowest BCUT2D eigenvalue weighted by Gasteiger charge is -2.12. The average Bonchev–Trinajstić information content (AvgIpc) is 2.76. The predicted octanol–water partition coefficient (Wildman–Crippen LogP) is 2.52. The number of rotatable bonds is 6. The van der Waals surface area contributed by atoms with E-state index in [-0.39, 0.29) is 0 Å². The summed E-state index contributed by atoms with van der Waals surface area (Å²) in [5.41, 5.74) is 5.61. The molecule has 0 aliphatic heterocycles. The van der Waals surface area contributed by atoms with Gasteiger partial charge in [-0.15, -0.1) is 0 Å². The second-order valence-electron chi connectivity index (χ2n) is 5.63. The number of carbonyl (C=O) groups excluding carboxylic acids is 1. The van der Waals surface area contributed by atoms with E-state index in [0.717, 1.165) is 41.1 Å². The van der Waals surface area contributed by atoms with Gasteiger partial charge in [0.1, 0.15) is 11.3 Å². The van der Waals surface area contributed by atoms with Crippen LogP contribution < -0.4 is 4.74 Å². The minimum absolute atomic E-state index is 0.409. The summed E-state index contributed by atoms with van der Waals surface area (Å²) in [4.78, 5) is 11.1. The van der Waals surface area contributed by atoms with E-state index in [0.29, 0.717) is 12.2 Å². The molecule has 2 rings (SSSR count). The first-order valence-corrected chi connectivity index (χ1v) is 7.40. The van der Waals surface area contributed by atoms with Crippen molar-refractivity contribution in [2.45, 2.75) is 40.5 Å². The Labute approximate surface area is 130 Å². The highest BCUT2D eigenvalue weighted by Gasteiger charge is 2.15. The summed E-state index contributed by atoms with van der Waals surface area (Å²) in [6.45, 7) is 8.45. The van der Waals surface area contributed by atoms with Gasteiger partial charge in [-0.3, -0.25) is 5.10 Å². The van der Waals surface area contributed by atoms with Crippen molar-refractivity contribution in [2.75, 3.05) is 6.61 Å². The molecule has 0 aliphatic rings. The Kier molecular flexibility index (Phi) is 4.85. The number of nitrogens with zero attached hydrogens (tertiary/aromatic N) is 1. The van der Waals surface area contributed by atoms with Crippen LogP contribution in [0.4, 0.5) is 0 Å². The summed E-state index contributed by atoms with van der Waals surface area (Å²) in [6.07, 6.45) is 1.83. The van der Waals surface area contributed by atoms with Crippen LogP contribution in [0.5, 0.6) is 5.75 Å². The maximum atomic E-state index is 11.1. The Morgan fingerprint density at radius 2 is 1.86 bits per heavy atom. The lowest BCUT2D eigenvalue weighted by molar-refractivity contribution is 0.0696. The first-order valence-electron chi connectivity index (χ1n) is 7.40. The Balaban J connectivity index is 1.96. The molecule has 3 N–H and O–H groups in total. The maximum Gasteiger partial charge on any atom is 0.549 e. The van der Waals surface area contributed by atoms with Gasteiger partial charge < -0.3 is 9.84 Å². The highest BCUT2D eigenvalue weighted by Crippen LogP contribution is 2.25. The molecule has 1 heterocycles. The molecule has 0 aliphatic carbocycles. The minimum atomic E-state index is -0.663. The topological polar surface area (TPSA) is 77.9 Å². The number of H-pyrrole nitrogens is 1. The van der Waals surface area contributed by atoms with Crippen LogP contribution in [0.15, 0.2) is 12.1 Å². The number of aromatic nitrogens is 2. The molecule has 0 radical (unpaired) electrons. The average molecular weight is 303 g/mol. The third-order valence-electron chi connectivity index (χ3n) is 3.82. The van der Waals surface area contributed by atoms with Crippen LogP contribution in [-0.2, 0) is 6.42 Å². The highest BCUT2D eigenvalue weighted by atomic mass is 16.5. The number of hydrogen-bond acceptors (Lipinski definition) is 3. The number of ether oxygens (including phenoxy) is 1. The third kappa shape index (κ3) is 3.47. The molecule has 22 heavy (non-hydrogen) atoms. The van der Waals surface area contributed by atoms with Crippen molar-refractivity contribution < 1.29 is 14.6 Å². The van der Waals surface area contributed by atoms with Gasteiger partial charge in [-0.2, -0.15) is 5.10 Å². The molecule has 0 bridgehead atoms. The van der Waals surface area contributed by atoms with Gasteiger partial charge in [0.25, 0.3) is 0 Å². The summed E-state index contributed by atoms with van der Waals surface area (Å²) in [6, 6.07) is 3.42. The molecule has 0 amide bonds. The SMILES string of the molecule is Cc1cc(C(=O)[OH2+])cc(C)c1OCCCc1c(C)n[nH]c1C. The van der Waals surface area contributed by atoms with E-state index < -0.39 is 5.97 Å². The molecule has 0 saturated heterocycles. The van der Waals surface area contributed by atoms with Crippen LogP contribution in [-0.4, -0.2) is 27.9 Å². The molecule has 118 valence electrons. The number of hydrogen-bond donors (Lipinski definition) is 1. The molecule has 5 heteroatoms.